The van der Waals surface area contributed by atoms with Crippen LogP contribution in [0.1, 0.15) is 215 Å². The van der Waals surface area contributed by atoms with Crippen molar-refractivity contribution in [2.45, 2.75) is 207 Å². The van der Waals surface area contributed by atoms with Crippen molar-refractivity contribution in [1.29, 1.82) is 10.5 Å². The van der Waals surface area contributed by atoms with Gasteiger partial charge < -0.3 is 38.8 Å². The number of unbranched alkanes of at least 4 members (excludes halogenated alkanes) is 22. The molecule has 2 rings (SSSR count). The summed E-state index contributed by atoms with van der Waals surface area (Å²) in [5.74, 6) is -4.93. The number of aliphatic carboxylic acids is 2. The minimum Gasteiger partial charge on any atom is -0.481 e. The van der Waals surface area contributed by atoms with E-state index in [4.69, 9.17) is 23.7 Å². The van der Waals surface area contributed by atoms with Crippen LogP contribution in [-0.2, 0) is 42.9 Å². The molecule has 0 spiro atoms. The highest BCUT2D eigenvalue weighted by molar-refractivity contribution is 7.16. The largest absolute Gasteiger partial charge is 0.481 e. The molecule has 2 N–H and O–H groups in total. The van der Waals surface area contributed by atoms with Gasteiger partial charge in [0.25, 0.3) is 0 Å². The van der Waals surface area contributed by atoms with Crippen LogP contribution in [0.2, 0.25) is 0 Å². The predicted molar refractivity (Wildman–Crippen MR) is 322 cm³/mol. The molecule has 1 aromatic heterocycles. The number of benzene rings is 1. The number of carboxylic acids is 2. The SMILES string of the molecule is CCCCCCCCCCCCC/C=C/CC(CC(=O)OCCOCCOCCN(CCOCCOC(=O)CC(C/C=C/CCCCCCCCCCCCC)C(=O)O)c1ccc(N=Nc2sc(C#N)c(C)c2C#N)c(C)c1)C(=O)O. The first-order valence-corrected chi connectivity index (χ1v) is 31.3. The van der Waals surface area contributed by atoms with Crippen molar-refractivity contribution in [1.82, 2.24) is 0 Å². The van der Waals surface area contributed by atoms with Crippen LogP contribution in [0.5, 0.6) is 0 Å². The number of carbonyl (C=O) groups is 4. The Morgan fingerprint density at radius 1 is 0.568 bits per heavy atom. The summed E-state index contributed by atoms with van der Waals surface area (Å²) in [6.45, 7) is 10.4. The van der Waals surface area contributed by atoms with Gasteiger partial charge in [0.1, 0.15) is 30.2 Å². The second-order valence-electron chi connectivity index (χ2n) is 20.9. The smallest absolute Gasteiger partial charge is 0.307 e. The molecule has 0 fully saturated rings. The van der Waals surface area contributed by atoms with Gasteiger partial charge in [-0.05, 0) is 81.7 Å². The maximum absolute atomic E-state index is 12.6. The fourth-order valence-corrected chi connectivity index (χ4v) is 9.98. The molecule has 0 aliphatic heterocycles. The zero-order valence-corrected chi connectivity index (χ0v) is 50.6. The lowest BCUT2D eigenvalue weighted by atomic mass is 10.0. The van der Waals surface area contributed by atoms with E-state index < -0.39 is 35.7 Å². The number of nitriles is 2. The summed E-state index contributed by atoms with van der Waals surface area (Å²) in [5, 5.41) is 47.6. The molecule has 1 heterocycles. The van der Waals surface area contributed by atoms with Crippen molar-refractivity contribution in [3.8, 4) is 12.1 Å². The number of carboxylic acid groups (broad SMARTS) is 2. The highest BCUT2D eigenvalue weighted by atomic mass is 32.1. The highest BCUT2D eigenvalue weighted by Crippen LogP contribution is 2.36. The Labute approximate surface area is 489 Å². The van der Waals surface area contributed by atoms with Gasteiger partial charge >= 0.3 is 23.9 Å². The summed E-state index contributed by atoms with van der Waals surface area (Å²) in [7, 11) is 0. The van der Waals surface area contributed by atoms with Crippen molar-refractivity contribution >= 4 is 51.6 Å². The van der Waals surface area contributed by atoms with E-state index in [0.29, 0.717) is 46.4 Å². The summed E-state index contributed by atoms with van der Waals surface area (Å²) < 4.78 is 28.0. The standard InChI is InChI=1S/C64H99N5O11S/c1-5-7-9-11-13-15-17-19-21-23-25-27-29-31-33-54(63(72)73)48-60(70)79-45-43-77-40-38-69(56-35-36-58(52(3)47-56)67-68-62-57(50-65)53(4)59(51-66)81-62)37-39-76-41-42-78-44-46-80-61(71)49-55(64(74)75)34-32-30-28-26-24-22-20-18-16-14-12-10-8-6-2/h29-32,35-36,47,54-55H,5-28,33-34,37-46,48-49H2,1-4H3,(H,72,73)(H,74,75)/b31-29+,32-30+,68-67?. The molecule has 1 aromatic carbocycles. The number of hydrogen-bond acceptors (Lipinski definition) is 15. The summed E-state index contributed by atoms with van der Waals surface area (Å²) in [4.78, 5) is 51.4. The minimum atomic E-state index is -1.03. The first kappa shape index (κ1) is 71.6. The van der Waals surface area contributed by atoms with Crippen molar-refractivity contribution in [2.24, 2.45) is 22.1 Å². The second-order valence-corrected chi connectivity index (χ2v) is 21.9. The van der Waals surface area contributed by atoms with Crippen molar-refractivity contribution in [3.05, 3.63) is 64.1 Å². The van der Waals surface area contributed by atoms with Gasteiger partial charge in [0, 0.05) is 18.8 Å². The molecule has 17 heteroatoms. The van der Waals surface area contributed by atoms with E-state index >= 15 is 0 Å². The molecule has 2 aromatic rings. The minimum absolute atomic E-state index is 0.00483. The number of anilines is 1. The molecule has 16 nitrogen and oxygen atoms in total. The highest BCUT2D eigenvalue weighted by Gasteiger charge is 2.22. The fourth-order valence-electron chi connectivity index (χ4n) is 9.10. The van der Waals surface area contributed by atoms with Gasteiger partial charge in [-0.3, -0.25) is 19.2 Å². The zero-order chi connectivity index (χ0) is 59.0. The average molecular weight is 1150 g/mol. The molecule has 0 bridgehead atoms. The van der Waals surface area contributed by atoms with Crippen molar-refractivity contribution < 1.29 is 53.1 Å². The lowest BCUT2D eigenvalue weighted by molar-refractivity contribution is -0.152. The molecule has 81 heavy (non-hydrogen) atoms. The van der Waals surface area contributed by atoms with Crippen molar-refractivity contribution in [3.63, 3.8) is 0 Å². The van der Waals surface area contributed by atoms with Gasteiger partial charge in [0.2, 0.25) is 0 Å². The molecule has 0 saturated heterocycles. The Bertz CT molecular complexity index is 2220. The third-order valence-electron chi connectivity index (χ3n) is 14.1. The number of allylic oxidation sites excluding steroid dienone is 4. The van der Waals surface area contributed by atoms with E-state index in [1.807, 2.05) is 49.4 Å². The molecule has 0 radical (unpaired) electrons. The van der Waals surface area contributed by atoms with E-state index in [0.717, 1.165) is 48.3 Å². The van der Waals surface area contributed by atoms with Gasteiger partial charge in [-0.1, -0.05) is 167 Å². The van der Waals surface area contributed by atoms with Crippen LogP contribution in [-0.4, -0.2) is 100 Å². The number of nitrogens with zero attached hydrogens (tertiary/aromatic N) is 5. The molecule has 0 amide bonds. The molecule has 0 saturated carbocycles. The van der Waals surface area contributed by atoms with Crippen LogP contribution in [0.15, 0.2) is 52.7 Å². The van der Waals surface area contributed by atoms with Crippen molar-refractivity contribution in [2.75, 3.05) is 70.8 Å². The molecular weight excluding hydrogens is 1050 g/mol. The van der Waals surface area contributed by atoms with Crippen LogP contribution >= 0.6 is 11.3 Å². The van der Waals surface area contributed by atoms with Crippen LogP contribution in [0.25, 0.3) is 0 Å². The van der Waals surface area contributed by atoms with E-state index in [1.165, 1.54) is 128 Å². The monoisotopic (exact) mass is 1150 g/mol. The van der Waals surface area contributed by atoms with Gasteiger partial charge in [-0.2, -0.15) is 10.5 Å². The molecule has 2 atom stereocenters. The third kappa shape index (κ3) is 35.2. The average Bonchev–Trinajstić information content (AvgIpc) is 3.86. The zero-order valence-electron chi connectivity index (χ0n) is 49.8. The summed E-state index contributed by atoms with van der Waals surface area (Å²) in [6.07, 6.45) is 37.7. The maximum atomic E-state index is 12.6. The van der Waals surface area contributed by atoms with E-state index in [-0.39, 0.29) is 71.9 Å². The van der Waals surface area contributed by atoms with Crippen LogP contribution in [0.4, 0.5) is 16.4 Å². The van der Waals surface area contributed by atoms with Gasteiger partial charge in [0.05, 0.1) is 75.6 Å². The van der Waals surface area contributed by atoms with Gasteiger partial charge in [-0.15, -0.1) is 21.6 Å². The van der Waals surface area contributed by atoms with E-state index in [9.17, 15) is 39.9 Å². The number of esters is 2. The van der Waals surface area contributed by atoms with Crippen LogP contribution in [0, 0.1) is 48.3 Å². The predicted octanol–water partition coefficient (Wildman–Crippen LogP) is 15.9. The van der Waals surface area contributed by atoms with E-state index in [1.54, 1.807) is 6.92 Å². The molecule has 0 aliphatic rings. The number of hydrogen-bond donors (Lipinski definition) is 2. The normalized spacial score (nSPS) is 12.3. The molecule has 2 unspecified atom stereocenters. The van der Waals surface area contributed by atoms with E-state index in [2.05, 4.69) is 41.1 Å². The summed E-state index contributed by atoms with van der Waals surface area (Å²) >= 11 is 1.12. The number of azo groups is 1. The van der Waals surface area contributed by atoms with Crippen LogP contribution < -0.4 is 4.90 Å². The first-order valence-electron chi connectivity index (χ1n) is 30.5. The fraction of sp³-hybridized carbons (Fsp3) is 0.688. The van der Waals surface area contributed by atoms with Gasteiger partial charge in [-0.25, -0.2) is 0 Å². The summed E-state index contributed by atoms with van der Waals surface area (Å²) in [6, 6.07) is 9.88. The molecular formula is C64H99N5O11S. The maximum Gasteiger partial charge on any atom is 0.307 e. The van der Waals surface area contributed by atoms with Gasteiger partial charge in [0.15, 0.2) is 5.00 Å². The van der Waals surface area contributed by atoms with Crippen LogP contribution in [0.3, 0.4) is 0 Å². The number of rotatable bonds is 52. The Hall–Kier alpha value is -5.46. The summed E-state index contributed by atoms with van der Waals surface area (Å²) in [5.41, 5.74) is 3.16. The second kappa shape index (κ2) is 48.1. The Balaban J connectivity index is 1.78. The lowest BCUT2D eigenvalue weighted by Crippen LogP contribution is -2.31. The Morgan fingerprint density at radius 2 is 0.988 bits per heavy atom. The Morgan fingerprint density at radius 3 is 1.40 bits per heavy atom. The topological polar surface area (TPSA) is 230 Å². The lowest BCUT2D eigenvalue weighted by Gasteiger charge is -2.25. The molecule has 0 aliphatic carbocycles. The number of aryl methyl sites for hydroxylation is 1. The molecule has 452 valence electrons. The number of thiophene rings is 1. The number of carbonyl (C=O) groups excluding carboxylic acids is 2. The first-order chi connectivity index (χ1) is 39.4. The quantitative estimate of drug-likeness (QED) is 0.0272. The Kier molecular flexibility index (Phi) is 42.6. The third-order valence-corrected chi connectivity index (χ3v) is 15.2. The number of ether oxygens (including phenoxy) is 5.